The van der Waals surface area contributed by atoms with Crippen molar-refractivity contribution in [2.24, 2.45) is 0 Å². The Morgan fingerprint density at radius 1 is 1.17 bits per heavy atom. The van der Waals surface area contributed by atoms with Crippen LogP contribution >= 0.6 is 11.6 Å². The highest BCUT2D eigenvalue weighted by Gasteiger charge is 2.22. The number of ether oxygens (including phenoxy) is 1. The Morgan fingerprint density at radius 2 is 1.83 bits per heavy atom. The van der Waals surface area contributed by atoms with Gasteiger partial charge in [0.1, 0.15) is 5.75 Å². The summed E-state index contributed by atoms with van der Waals surface area (Å²) in [5, 5.41) is 4.50. The van der Waals surface area contributed by atoms with E-state index in [1.54, 1.807) is 20.0 Å². The first kappa shape index (κ1) is 21.8. The summed E-state index contributed by atoms with van der Waals surface area (Å²) in [4.78, 5) is 18.5. The Kier molecular flexibility index (Phi) is 6.46. The van der Waals surface area contributed by atoms with Gasteiger partial charge in [-0.25, -0.2) is 0 Å². The maximum absolute atomic E-state index is 12.7. The van der Waals surface area contributed by atoms with Crippen LogP contribution in [0.3, 0.4) is 0 Å². The van der Waals surface area contributed by atoms with Crippen molar-refractivity contribution in [2.75, 3.05) is 7.05 Å². The van der Waals surface area contributed by atoms with Crippen LogP contribution in [0.2, 0.25) is 5.02 Å². The van der Waals surface area contributed by atoms with Gasteiger partial charge in [-0.05, 0) is 42.2 Å². The Labute approximate surface area is 181 Å². The van der Waals surface area contributed by atoms with Crippen LogP contribution in [0.15, 0.2) is 53.1 Å². The minimum absolute atomic E-state index is 0.0626. The largest absolute Gasteiger partial charge is 0.481 e. The van der Waals surface area contributed by atoms with Gasteiger partial charge < -0.3 is 14.2 Å². The Hall–Kier alpha value is -2.86. The molecule has 30 heavy (non-hydrogen) atoms. The van der Waals surface area contributed by atoms with Crippen LogP contribution in [0, 0.1) is 0 Å². The third kappa shape index (κ3) is 5.19. The fourth-order valence-electron chi connectivity index (χ4n) is 2.95. The summed E-state index contributed by atoms with van der Waals surface area (Å²) in [6.45, 7) is 8.35. The number of aromatic nitrogens is 2. The topological polar surface area (TPSA) is 68.5 Å². The van der Waals surface area contributed by atoms with Crippen molar-refractivity contribution < 1.29 is 14.1 Å². The number of hydrogen-bond acceptors (Lipinski definition) is 5. The van der Waals surface area contributed by atoms with Crippen LogP contribution in [-0.4, -0.2) is 34.1 Å². The third-order valence-corrected chi connectivity index (χ3v) is 5.04. The summed E-state index contributed by atoms with van der Waals surface area (Å²) in [5.41, 5.74) is 1.95. The highest BCUT2D eigenvalue weighted by Crippen LogP contribution is 2.26. The second kappa shape index (κ2) is 8.88. The number of halogens is 1. The molecule has 0 fully saturated rings. The van der Waals surface area contributed by atoms with Crippen LogP contribution in [0.25, 0.3) is 11.4 Å². The van der Waals surface area contributed by atoms with E-state index < -0.39 is 6.10 Å². The lowest BCUT2D eigenvalue weighted by Crippen LogP contribution is -2.37. The van der Waals surface area contributed by atoms with Crippen LogP contribution in [0.4, 0.5) is 0 Å². The average Bonchev–Trinajstić information content (AvgIpc) is 3.15. The molecule has 0 aliphatic heterocycles. The minimum Gasteiger partial charge on any atom is -0.481 e. The number of nitrogens with zero attached hydrogens (tertiary/aromatic N) is 3. The van der Waals surface area contributed by atoms with E-state index in [1.165, 1.54) is 10.5 Å². The molecule has 158 valence electrons. The van der Waals surface area contributed by atoms with Crippen molar-refractivity contribution in [3.05, 3.63) is 65.0 Å². The number of rotatable bonds is 6. The normalized spacial score (nSPS) is 12.5. The molecule has 3 rings (SSSR count). The van der Waals surface area contributed by atoms with Crippen molar-refractivity contribution in [2.45, 2.75) is 45.8 Å². The molecule has 1 heterocycles. The molecule has 0 N–H and O–H groups in total. The Bertz CT molecular complexity index is 1010. The summed E-state index contributed by atoms with van der Waals surface area (Å²) in [7, 11) is 1.67. The zero-order chi connectivity index (χ0) is 21.9. The number of likely N-dealkylation sites (N-methyl/N-ethyl adjacent to an activating group) is 1. The van der Waals surface area contributed by atoms with Crippen LogP contribution in [0.5, 0.6) is 5.75 Å². The predicted molar refractivity (Wildman–Crippen MR) is 116 cm³/mol. The lowest BCUT2D eigenvalue weighted by Gasteiger charge is -2.22. The number of hydrogen-bond donors (Lipinski definition) is 0. The lowest BCUT2D eigenvalue weighted by atomic mass is 9.87. The highest BCUT2D eigenvalue weighted by atomic mass is 35.5. The molecule has 7 heteroatoms. The Morgan fingerprint density at radius 3 is 2.47 bits per heavy atom. The first-order valence-corrected chi connectivity index (χ1v) is 10.1. The number of amides is 1. The van der Waals surface area contributed by atoms with Crippen molar-refractivity contribution in [3.63, 3.8) is 0 Å². The van der Waals surface area contributed by atoms with Gasteiger partial charge in [0, 0.05) is 12.6 Å². The first-order valence-electron chi connectivity index (χ1n) is 9.75. The average molecular weight is 428 g/mol. The van der Waals surface area contributed by atoms with E-state index in [1.807, 2.05) is 42.5 Å². The second-order valence-electron chi connectivity index (χ2n) is 8.22. The Balaban J connectivity index is 1.61. The molecule has 0 spiro atoms. The van der Waals surface area contributed by atoms with E-state index in [9.17, 15) is 4.79 Å². The molecule has 2 aromatic carbocycles. The van der Waals surface area contributed by atoms with Crippen molar-refractivity contribution >= 4 is 17.5 Å². The van der Waals surface area contributed by atoms with Crippen molar-refractivity contribution in [3.8, 4) is 17.1 Å². The smallest absolute Gasteiger partial charge is 0.263 e. The molecule has 1 amide bonds. The van der Waals surface area contributed by atoms with Gasteiger partial charge in [0.25, 0.3) is 5.91 Å². The molecule has 0 bridgehead atoms. The number of carbonyl (C=O) groups is 1. The quantitative estimate of drug-likeness (QED) is 0.546. The zero-order valence-corrected chi connectivity index (χ0v) is 18.6. The predicted octanol–water partition coefficient (Wildman–Crippen LogP) is 5.11. The standard InChI is InChI=1S/C23H26ClN3O3/c1-15(29-17-12-10-16(11-13-17)23(2,3)4)22(28)27(5)14-20-25-21(26-30-20)18-8-6-7-9-19(18)24/h6-13,15H,14H2,1-5H3/t15-/m1/s1. The molecular formula is C23H26ClN3O3. The van der Waals surface area contributed by atoms with Gasteiger partial charge in [0.05, 0.1) is 11.6 Å². The number of carbonyl (C=O) groups excluding carboxylic acids is 1. The SMILES string of the molecule is C[C@@H](Oc1ccc(C(C)(C)C)cc1)C(=O)N(C)Cc1nc(-c2ccccc2Cl)no1. The van der Waals surface area contributed by atoms with E-state index in [2.05, 4.69) is 30.9 Å². The summed E-state index contributed by atoms with van der Waals surface area (Å²) in [5.74, 6) is 1.17. The minimum atomic E-state index is -0.651. The maximum Gasteiger partial charge on any atom is 0.263 e. The first-order chi connectivity index (χ1) is 14.1. The molecule has 1 atom stereocenters. The van der Waals surface area contributed by atoms with Crippen molar-refractivity contribution in [1.82, 2.24) is 15.0 Å². The van der Waals surface area contributed by atoms with Gasteiger partial charge in [-0.1, -0.05) is 61.8 Å². The van der Waals surface area contributed by atoms with Gasteiger partial charge in [0.15, 0.2) is 6.10 Å². The molecule has 0 unspecified atom stereocenters. The summed E-state index contributed by atoms with van der Waals surface area (Å²) < 4.78 is 11.1. The van der Waals surface area contributed by atoms with E-state index in [4.69, 9.17) is 20.9 Å². The number of benzene rings is 2. The van der Waals surface area contributed by atoms with Gasteiger partial charge >= 0.3 is 0 Å². The fraction of sp³-hybridized carbons (Fsp3) is 0.348. The second-order valence-corrected chi connectivity index (χ2v) is 8.63. The van der Waals surface area contributed by atoms with E-state index in [0.29, 0.717) is 28.1 Å². The lowest BCUT2D eigenvalue weighted by molar-refractivity contribution is -0.137. The molecule has 0 saturated heterocycles. The van der Waals surface area contributed by atoms with Crippen LogP contribution in [0.1, 0.15) is 39.1 Å². The molecule has 6 nitrogen and oxygen atoms in total. The molecule has 0 saturated carbocycles. The summed E-state index contributed by atoms with van der Waals surface area (Å²) in [6.07, 6.45) is -0.651. The van der Waals surface area contributed by atoms with E-state index >= 15 is 0 Å². The molecular weight excluding hydrogens is 402 g/mol. The fourth-order valence-corrected chi connectivity index (χ4v) is 3.17. The molecule has 0 radical (unpaired) electrons. The molecule has 1 aromatic heterocycles. The van der Waals surface area contributed by atoms with Crippen molar-refractivity contribution in [1.29, 1.82) is 0 Å². The summed E-state index contributed by atoms with van der Waals surface area (Å²) >= 11 is 6.17. The maximum atomic E-state index is 12.7. The van der Waals surface area contributed by atoms with Gasteiger partial charge in [-0.15, -0.1) is 0 Å². The molecule has 0 aliphatic rings. The zero-order valence-electron chi connectivity index (χ0n) is 17.8. The van der Waals surface area contributed by atoms with Gasteiger partial charge in [-0.2, -0.15) is 4.98 Å². The van der Waals surface area contributed by atoms with E-state index in [0.717, 1.165) is 0 Å². The highest BCUT2D eigenvalue weighted by molar-refractivity contribution is 6.33. The van der Waals surface area contributed by atoms with Gasteiger partial charge in [-0.3, -0.25) is 4.79 Å². The molecule has 3 aromatic rings. The monoisotopic (exact) mass is 427 g/mol. The summed E-state index contributed by atoms with van der Waals surface area (Å²) in [6, 6.07) is 15.1. The van der Waals surface area contributed by atoms with E-state index in [-0.39, 0.29) is 17.9 Å². The third-order valence-electron chi connectivity index (χ3n) is 4.71. The van der Waals surface area contributed by atoms with Crippen LogP contribution < -0.4 is 4.74 Å². The van der Waals surface area contributed by atoms with Crippen LogP contribution in [-0.2, 0) is 16.8 Å². The molecule has 0 aliphatic carbocycles. The van der Waals surface area contributed by atoms with Gasteiger partial charge in [0.2, 0.25) is 11.7 Å².